The van der Waals surface area contributed by atoms with Crippen LogP contribution in [0.15, 0.2) is 41.0 Å². The van der Waals surface area contributed by atoms with Crippen molar-refractivity contribution >= 4 is 21.6 Å². The molecular formula is C15H16BrN3. The van der Waals surface area contributed by atoms with E-state index in [0.29, 0.717) is 0 Å². The zero-order valence-corrected chi connectivity index (χ0v) is 12.2. The third-order valence-electron chi connectivity index (χ3n) is 3.56. The van der Waals surface area contributed by atoms with Crippen LogP contribution in [0.4, 0.5) is 5.69 Å². The number of rotatable bonds is 2. The lowest BCUT2D eigenvalue weighted by atomic mass is 9.98. The highest BCUT2D eigenvalue weighted by atomic mass is 79.9. The topological polar surface area (TPSA) is 42.1 Å². The Morgan fingerprint density at radius 3 is 2.95 bits per heavy atom. The molecule has 0 spiro atoms. The Balaban J connectivity index is 1.74. The molecule has 0 fully saturated rings. The van der Waals surface area contributed by atoms with E-state index < -0.39 is 0 Å². The molecule has 1 aromatic carbocycles. The number of nitrogens with zero attached hydrogens (tertiary/aromatic N) is 2. The van der Waals surface area contributed by atoms with Crippen LogP contribution in [0, 0.1) is 0 Å². The number of anilines is 1. The summed E-state index contributed by atoms with van der Waals surface area (Å²) in [4.78, 5) is 6.85. The van der Waals surface area contributed by atoms with Crippen molar-refractivity contribution in [2.75, 3.05) is 12.3 Å². The van der Waals surface area contributed by atoms with Gasteiger partial charge in [-0.05, 0) is 51.7 Å². The zero-order valence-electron chi connectivity index (χ0n) is 10.6. The van der Waals surface area contributed by atoms with Gasteiger partial charge in [0.2, 0.25) is 0 Å². The molecule has 0 unspecified atom stereocenters. The van der Waals surface area contributed by atoms with Gasteiger partial charge in [-0.3, -0.25) is 9.88 Å². The fourth-order valence-electron chi connectivity index (χ4n) is 2.56. The van der Waals surface area contributed by atoms with E-state index in [1.807, 2.05) is 24.4 Å². The first-order valence-corrected chi connectivity index (χ1v) is 7.21. The van der Waals surface area contributed by atoms with Crippen molar-refractivity contribution in [2.45, 2.75) is 19.5 Å². The summed E-state index contributed by atoms with van der Waals surface area (Å²) in [6.07, 6.45) is 2.88. The van der Waals surface area contributed by atoms with Gasteiger partial charge < -0.3 is 5.73 Å². The summed E-state index contributed by atoms with van der Waals surface area (Å²) in [7, 11) is 0. The Kier molecular flexibility index (Phi) is 3.53. The maximum Gasteiger partial charge on any atom is 0.0544 e. The van der Waals surface area contributed by atoms with E-state index in [0.717, 1.165) is 41.9 Å². The molecule has 3 nitrogen and oxygen atoms in total. The second-order valence-electron chi connectivity index (χ2n) is 4.91. The minimum Gasteiger partial charge on any atom is -0.398 e. The highest BCUT2D eigenvalue weighted by Crippen LogP contribution is 2.24. The van der Waals surface area contributed by atoms with Gasteiger partial charge in [-0.2, -0.15) is 0 Å². The summed E-state index contributed by atoms with van der Waals surface area (Å²) in [5, 5.41) is 0. The summed E-state index contributed by atoms with van der Waals surface area (Å²) in [6, 6.07) is 10.3. The van der Waals surface area contributed by atoms with Crippen LogP contribution in [0.5, 0.6) is 0 Å². The summed E-state index contributed by atoms with van der Waals surface area (Å²) < 4.78 is 1.02. The summed E-state index contributed by atoms with van der Waals surface area (Å²) in [5.41, 5.74) is 10.7. The van der Waals surface area contributed by atoms with Crippen LogP contribution in [0.3, 0.4) is 0 Å². The molecule has 0 bridgehead atoms. The highest BCUT2D eigenvalue weighted by Gasteiger charge is 2.18. The van der Waals surface area contributed by atoms with Crippen LogP contribution >= 0.6 is 15.9 Å². The van der Waals surface area contributed by atoms with E-state index in [4.69, 9.17) is 5.73 Å². The molecule has 2 aromatic rings. The van der Waals surface area contributed by atoms with Gasteiger partial charge in [0.1, 0.15) is 0 Å². The fraction of sp³-hybridized carbons (Fsp3) is 0.267. The number of pyridine rings is 1. The van der Waals surface area contributed by atoms with Gasteiger partial charge in [0, 0.05) is 36.0 Å². The Morgan fingerprint density at radius 2 is 2.16 bits per heavy atom. The molecule has 19 heavy (non-hydrogen) atoms. The van der Waals surface area contributed by atoms with Crippen molar-refractivity contribution in [1.82, 2.24) is 9.88 Å². The Morgan fingerprint density at radius 1 is 1.26 bits per heavy atom. The van der Waals surface area contributed by atoms with Crippen LogP contribution in [0.2, 0.25) is 0 Å². The number of benzene rings is 1. The van der Waals surface area contributed by atoms with Crippen molar-refractivity contribution in [2.24, 2.45) is 0 Å². The monoisotopic (exact) mass is 317 g/mol. The fourth-order valence-corrected chi connectivity index (χ4v) is 2.80. The molecule has 2 N–H and O–H groups in total. The molecule has 1 aliphatic rings. The largest absolute Gasteiger partial charge is 0.398 e. The molecule has 0 saturated heterocycles. The van der Waals surface area contributed by atoms with E-state index in [9.17, 15) is 0 Å². The Hall–Kier alpha value is -1.39. The average Bonchev–Trinajstić information content (AvgIpc) is 2.42. The molecule has 0 atom stereocenters. The predicted molar refractivity (Wildman–Crippen MR) is 80.6 cm³/mol. The van der Waals surface area contributed by atoms with Gasteiger partial charge in [0.15, 0.2) is 0 Å². The van der Waals surface area contributed by atoms with Crippen molar-refractivity contribution < 1.29 is 0 Å². The quantitative estimate of drug-likeness (QED) is 0.866. The van der Waals surface area contributed by atoms with E-state index in [1.165, 1.54) is 11.1 Å². The molecule has 0 aliphatic carbocycles. The van der Waals surface area contributed by atoms with Crippen molar-refractivity contribution in [3.63, 3.8) is 0 Å². The number of aromatic nitrogens is 1. The molecule has 98 valence electrons. The molecule has 0 amide bonds. The van der Waals surface area contributed by atoms with Crippen molar-refractivity contribution in [1.29, 1.82) is 0 Å². The van der Waals surface area contributed by atoms with E-state index in [-0.39, 0.29) is 0 Å². The molecule has 2 heterocycles. The van der Waals surface area contributed by atoms with Crippen LogP contribution < -0.4 is 5.73 Å². The van der Waals surface area contributed by atoms with Crippen LogP contribution in [0.25, 0.3) is 0 Å². The summed E-state index contributed by atoms with van der Waals surface area (Å²) >= 11 is 3.41. The van der Waals surface area contributed by atoms with Gasteiger partial charge in [0.05, 0.1) is 5.69 Å². The zero-order chi connectivity index (χ0) is 13.2. The average molecular weight is 318 g/mol. The molecular weight excluding hydrogens is 302 g/mol. The lowest BCUT2D eigenvalue weighted by molar-refractivity contribution is 0.243. The van der Waals surface area contributed by atoms with Gasteiger partial charge in [-0.1, -0.05) is 12.1 Å². The number of nitrogen functional groups attached to an aromatic ring is 1. The van der Waals surface area contributed by atoms with Gasteiger partial charge in [0.25, 0.3) is 0 Å². The first-order valence-electron chi connectivity index (χ1n) is 6.41. The van der Waals surface area contributed by atoms with Crippen LogP contribution in [0.1, 0.15) is 16.8 Å². The molecule has 1 aliphatic heterocycles. The maximum absolute atomic E-state index is 6.02. The molecule has 4 heteroatoms. The minimum absolute atomic E-state index is 0.890. The van der Waals surface area contributed by atoms with Crippen LogP contribution in [-0.4, -0.2) is 16.4 Å². The van der Waals surface area contributed by atoms with Crippen molar-refractivity contribution in [3.8, 4) is 0 Å². The summed E-state index contributed by atoms with van der Waals surface area (Å²) in [5.74, 6) is 0. The molecule has 0 radical (unpaired) electrons. The third kappa shape index (κ3) is 2.80. The predicted octanol–water partition coefficient (Wildman–Crippen LogP) is 2.98. The Labute approximate surface area is 121 Å². The Bertz CT molecular complexity index is 580. The van der Waals surface area contributed by atoms with E-state index in [2.05, 4.69) is 37.9 Å². The molecule has 0 saturated carbocycles. The lowest BCUT2D eigenvalue weighted by Crippen LogP contribution is -2.30. The maximum atomic E-state index is 6.02. The second kappa shape index (κ2) is 5.31. The van der Waals surface area contributed by atoms with Crippen molar-refractivity contribution in [3.05, 3.63) is 57.8 Å². The molecule has 3 rings (SSSR count). The smallest absolute Gasteiger partial charge is 0.0544 e. The number of fused-ring (bicyclic) bond motifs is 1. The van der Waals surface area contributed by atoms with E-state index >= 15 is 0 Å². The first kappa shape index (κ1) is 12.6. The lowest BCUT2D eigenvalue weighted by Gasteiger charge is -2.29. The number of halogens is 1. The minimum atomic E-state index is 0.890. The number of hydrogen-bond acceptors (Lipinski definition) is 3. The SMILES string of the molecule is Nc1cccc2c1CCN(Cc1ccc(Br)cn1)C2. The second-order valence-corrected chi connectivity index (χ2v) is 5.83. The standard InChI is InChI=1S/C15H16BrN3/c16-12-4-5-13(18-8-12)10-19-7-6-14-11(9-19)2-1-3-15(14)17/h1-5,8H,6-7,9-10,17H2. The number of nitrogens with two attached hydrogens (primary N) is 1. The molecule has 1 aromatic heterocycles. The summed E-state index contributed by atoms with van der Waals surface area (Å²) in [6.45, 7) is 2.89. The van der Waals surface area contributed by atoms with Gasteiger partial charge >= 0.3 is 0 Å². The van der Waals surface area contributed by atoms with Gasteiger partial charge in [-0.15, -0.1) is 0 Å². The number of hydrogen-bond donors (Lipinski definition) is 1. The first-order chi connectivity index (χ1) is 9.22. The highest BCUT2D eigenvalue weighted by molar-refractivity contribution is 9.10. The third-order valence-corrected chi connectivity index (χ3v) is 4.02. The van der Waals surface area contributed by atoms with E-state index in [1.54, 1.807) is 0 Å². The van der Waals surface area contributed by atoms with Crippen LogP contribution in [-0.2, 0) is 19.5 Å². The van der Waals surface area contributed by atoms with Gasteiger partial charge in [-0.25, -0.2) is 0 Å². The normalized spacial score (nSPS) is 15.2.